The average molecular weight is 321 g/mol. The van der Waals surface area contributed by atoms with Crippen LogP contribution >= 0.6 is 0 Å². The van der Waals surface area contributed by atoms with Gasteiger partial charge in [0.05, 0.1) is 4.92 Å². The summed E-state index contributed by atoms with van der Waals surface area (Å²) in [5.41, 5.74) is 2.15. The van der Waals surface area contributed by atoms with E-state index >= 15 is 0 Å². The van der Waals surface area contributed by atoms with E-state index in [2.05, 4.69) is 0 Å². The Balaban J connectivity index is 2.15. The molecule has 0 saturated heterocycles. The van der Waals surface area contributed by atoms with Crippen molar-refractivity contribution in [3.05, 3.63) is 69.3 Å². The first-order valence-corrected chi connectivity index (χ1v) is 8.07. The molecule has 0 aliphatic heterocycles. The monoisotopic (exact) mass is 321 g/mol. The van der Waals surface area contributed by atoms with E-state index < -0.39 is 15.0 Å². The van der Waals surface area contributed by atoms with E-state index in [1.165, 1.54) is 24.3 Å². The number of rotatable bonds is 5. The molecule has 0 N–H and O–H groups in total. The lowest BCUT2D eigenvalue weighted by Gasteiger charge is -2.08. The SMILES string of the molecule is Cc1cc(C)cc(OS(=O)(=O)Cc2ccc([N+](=O)[O-])cc2)c1. The van der Waals surface area contributed by atoms with Gasteiger partial charge in [-0.25, -0.2) is 0 Å². The molecule has 0 aromatic heterocycles. The van der Waals surface area contributed by atoms with Gasteiger partial charge in [0.25, 0.3) is 5.69 Å². The average Bonchev–Trinajstić information content (AvgIpc) is 2.36. The summed E-state index contributed by atoms with van der Waals surface area (Å²) in [6.45, 7) is 3.70. The maximum atomic E-state index is 12.1. The minimum Gasteiger partial charge on any atom is -0.382 e. The van der Waals surface area contributed by atoms with Crippen LogP contribution in [0.3, 0.4) is 0 Å². The fourth-order valence-electron chi connectivity index (χ4n) is 2.08. The largest absolute Gasteiger partial charge is 0.382 e. The highest BCUT2D eigenvalue weighted by Crippen LogP contribution is 2.20. The Bertz CT molecular complexity index is 777. The lowest BCUT2D eigenvalue weighted by molar-refractivity contribution is -0.384. The molecule has 0 spiro atoms. The summed E-state index contributed by atoms with van der Waals surface area (Å²) in [4.78, 5) is 10.0. The third-order valence-electron chi connectivity index (χ3n) is 2.91. The highest BCUT2D eigenvalue weighted by molar-refractivity contribution is 7.86. The molecule has 6 nitrogen and oxygen atoms in total. The molecular formula is C15H15NO5S. The molecule has 116 valence electrons. The number of hydrogen-bond donors (Lipinski definition) is 0. The third-order valence-corrected chi connectivity index (χ3v) is 4.04. The van der Waals surface area contributed by atoms with Crippen molar-refractivity contribution in [2.75, 3.05) is 0 Å². The highest BCUT2D eigenvalue weighted by atomic mass is 32.2. The Kier molecular flexibility index (Phi) is 4.46. The van der Waals surface area contributed by atoms with Crippen molar-refractivity contribution in [2.45, 2.75) is 19.6 Å². The molecule has 0 bridgehead atoms. The summed E-state index contributed by atoms with van der Waals surface area (Å²) in [5.74, 6) is -0.0859. The third kappa shape index (κ3) is 4.29. The van der Waals surface area contributed by atoms with E-state index in [9.17, 15) is 18.5 Å². The number of aryl methyl sites for hydroxylation is 2. The molecule has 0 heterocycles. The topological polar surface area (TPSA) is 86.5 Å². The van der Waals surface area contributed by atoms with Gasteiger partial charge in [-0.3, -0.25) is 10.1 Å². The van der Waals surface area contributed by atoms with Crippen LogP contribution in [0.25, 0.3) is 0 Å². The van der Waals surface area contributed by atoms with Gasteiger partial charge in [0, 0.05) is 12.1 Å². The fourth-order valence-corrected chi connectivity index (χ4v) is 3.12. The molecule has 2 aromatic carbocycles. The standard InChI is InChI=1S/C15H15NO5S/c1-11-7-12(2)9-15(8-11)21-22(19,20)10-13-3-5-14(6-4-13)16(17)18/h3-9H,10H2,1-2H3. The van der Waals surface area contributed by atoms with Crippen LogP contribution in [-0.2, 0) is 15.9 Å². The molecule has 0 unspecified atom stereocenters. The second kappa shape index (κ2) is 6.15. The summed E-state index contributed by atoms with van der Waals surface area (Å²) in [6, 6.07) is 10.5. The molecular weight excluding hydrogens is 306 g/mol. The molecule has 0 aliphatic rings. The van der Waals surface area contributed by atoms with Gasteiger partial charge in [0.2, 0.25) is 0 Å². The van der Waals surface area contributed by atoms with Crippen molar-refractivity contribution in [2.24, 2.45) is 0 Å². The normalized spacial score (nSPS) is 11.2. The molecule has 0 saturated carbocycles. The second-order valence-corrected chi connectivity index (χ2v) is 6.60. The van der Waals surface area contributed by atoms with E-state index in [0.29, 0.717) is 5.56 Å². The maximum Gasteiger partial charge on any atom is 0.313 e. The van der Waals surface area contributed by atoms with Crippen LogP contribution < -0.4 is 4.18 Å². The van der Waals surface area contributed by atoms with Crippen molar-refractivity contribution >= 4 is 15.8 Å². The van der Waals surface area contributed by atoms with E-state index in [1.807, 2.05) is 19.9 Å². The van der Waals surface area contributed by atoms with Crippen LogP contribution in [0.5, 0.6) is 5.75 Å². The number of nitro groups is 1. The first kappa shape index (κ1) is 16.0. The Morgan fingerprint density at radius 3 is 2.09 bits per heavy atom. The zero-order valence-corrected chi connectivity index (χ0v) is 13.0. The zero-order valence-electron chi connectivity index (χ0n) is 12.1. The minimum atomic E-state index is -3.82. The van der Waals surface area contributed by atoms with Gasteiger partial charge in [-0.1, -0.05) is 18.2 Å². The van der Waals surface area contributed by atoms with Crippen LogP contribution in [0, 0.1) is 24.0 Å². The molecule has 0 radical (unpaired) electrons. The maximum absolute atomic E-state index is 12.1. The van der Waals surface area contributed by atoms with Gasteiger partial charge in [0.1, 0.15) is 11.5 Å². The Hall–Kier alpha value is -2.41. The number of nitro benzene ring substituents is 1. The van der Waals surface area contributed by atoms with Gasteiger partial charge >= 0.3 is 10.1 Å². The van der Waals surface area contributed by atoms with Crippen molar-refractivity contribution in [1.29, 1.82) is 0 Å². The number of hydrogen-bond acceptors (Lipinski definition) is 5. The predicted octanol–water partition coefficient (Wildman–Crippen LogP) is 3.12. The first-order chi connectivity index (χ1) is 10.2. The summed E-state index contributed by atoms with van der Waals surface area (Å²) in [7, 11) is -3.82. The van der Waals surface area contributed by atoms with Gasteiger partial charge in [-0.05, 0) is 42.7 Å². The van der Waals surface area contributed by atoms with Crippen LogP contribution in [0.4, 0.5) is 5.69 Å². The zero-order chi connectivity index (χ0) is 16.3. The summed E-state index contributed by atoms with van der Waals surface area (Å²) in [6.07, 6.45) is 0. The molecule has 7 heteroatoms. The second-order valence-electron chi connectivity index (χ2n) is 5.03. The van der Waals surface area contributed by atoms with Crippen molar-refractivity contribution < 1.29 is 17.5 Å². The predicted molar refractivity (Wildman–Crippen MR) is 82.3 cm³/mol. The fraction of sp³-hybridized carbons (Fsp3) is 0.200. The van der Waals surface area contributed by atoms with Gasteiger partial charge < -0.3 is 4.18 Å². The van der Waals surface area contributed by atoms with Crippen molar-refractivity contribution in [1.82, 2.24) is 0 Å². The van der Waals surface area contributed by atoms with E-state index in [-0.39, 0.29) is 17.2 Å². The number of non-ortho nitro benzene ring substituents is 1. The quantitative estimate of drug-likeness (QED) is 0.480. The Labute approximate surface area is 128 Å². The van der Waals surface area contributed by atoms with Gasteiger partial charge in [0.15, 0.2) is 0 Å². The molecule has 2 aromatic rings. The first-order valence-electron chi connectivity index (χ1n) is 6.49. The molecule has 22 heavy (non-hydrogen) atoms. The molecule has 2 rings (SSSR count). The smallest absolute Gasteiger partial charge is 0.313 e. The lowest BCUT2D eigenvalue weighted by atomic mass is 10.1. The van der Waals surface area contributed by atoms with Crippen molar-refractivity contribution in [3.63, 3.8) is 0 Å². The van der Waals surface area contributed by atoms with Crippen LogP contribution in [0.1, 0.15) is 16.7 Å². The Morgan fingerprint density at radius 1 is 1.05 bits per heavy atom. The minimum absolute atomic E-state index is 0.0867. The van der Waals surface area contributed by atoms with E-state index in [1.54, 1.807) is 12.1 Å². The van der Waals surface area contributed by atoms with Gasteiger partial charge in [-0.15, -0.1) is 0 Å². The molecule has 0 amide bonds. The summed E-state index contributed by atoms with van der Waals surface area (Å²) in [5, 5.41) is 10.6. The molecule has 0 atom stereocenters. The van der Waals surface area contributed by atoms with Gasteiger partial charge in [-0.2, -0.15) is 8.42 Å². The van der Waals surface area contributed by atoms with Crippen LogP contribution in [0.15, 0.2) is 42.5 Å². The van der Waals surface area contributed by atoms with E-state index in [0.717, 1.165) is 11.1 Å². The van der Waals surface area contributed by atoms with Crippen LogP contribution in [0.2, 0.25) is 0 Å². The number of benzene rings is 2. The van der Waals surface area contributed by atoms with Crippen molar-refractivity contribution in [3.8, 4) is 5.75 Å². The highest BCUT2D eigenvalue weighted by Gasteiger charge is 2.15. The molecule has 0 aliphatic carbocycles. The molecule has 0 fully saturated rings. The van der Waals surface area contributed by atoms with E-state index in [4.69, 9.17) is 4.18 Å². The summed E-state index contributed by atoms with van der Waals surface area (Å²) < 4.78 is 29.2. The Morgan fingerprint density at radius 2 is 1.59 bits per heavy atom. The van der Waals surface area contributed by atoms with Crippen LogP contribution in [-0.4, -0.2) is 13.3 Å². The summed E-state index contributed by atoms with van der Waals surface area (Å²) >= 11 is 0. The lowest BCUT2D eigenvalue weighted by Crippen LogP contribution is -2.12. The number of nitrogens with zero attached hydrogens (tertiary/aromatic N) is 1.